The van der Waals surface area contributed by atoms with Crippen LogP contribution in [0.2, 0.25) is 5.02 Å². The molecule has 0 radical (unpaired) electrons. The summed E-state index contributed by atoms with van der Waals surface area (Å²) in [6.45, 7) is 2.35. The number of methoxy groups -OCH3 is 1. The van der Waals surface area contributed by atoms with E-state index in [0.29, 0.717) is 24.3 Å². The monoisotopic (exact) mass is 400 g/mol. The van der Waals surface area contributed by atoms with Gasteiger partial charge < -0.3 is 15.4 Å². The highest BCUT2D eigenvalue weighted by Crippen LogP contribution is 2.34. The second-order valence-electron chi connectivity index (χ2n) is 7.49. The van der Waals surface area contributed by atoms with Crippen molar-refractivity contribution in [2.75, 3.05) is 26.7 Å². The molecule has 0 bridgehead atoms. The molecule has 2 fully saturated rings. The van der Waals surface area contributed by atoms with Crippen molar-refractivity contribution in [1.82, 2.24) is 4.90 Å². The Morgan fingerprint density at radius 2 is 2.12 bits per heavy atom. The highest BCUT2D eigenvalue weighted by atomic mass is 35.5. The number of amides is 1. The maximum absolute atomic E-state index is 13.0. The van der Waals surface area contributed by atoms with Gasteiger partial charge in [0.1, 0.15) is 5.75 Å². The smallest absolute Gasteiger partial charge is 0.226 e. The normalized spacial score (nSPS) is 25.7. The molecule has 2 N–H and O–H groups in total. The maximum atomic E-state index is 13.0. The zero-order valence-electron chi connectivity index (χ0n) is 15.5. The average molecular weight is 401 g/mol. The molecule has 1 aliphatic heterocycles. The van der Waals surface area contributed by atoms with Gasteiger partial charge in [-0.1, -0.05) is 18.0 Å². The molecule has 1 unspecified atom stereocenters. The molecule has 3 rings (SSSR count). The van der Waals surface area contributed by atoms with Gasteiger partial charge in [0.2, 0.25) is 5.91 Å². The van der Waals surface area contributed by atoms with E-state index in [1.54, 1.807) is 7.11 Å². The van der Waals surface area contributed by atoms with E-state index in [-0.39, 0.29) is 18.3 Å². The zero-order chi connectivity index (χ0) is 17.8. The lowest BCUT2D eigenvalue weighted by Gasteiger charge is -2.35. The Morgan fingerprint density at radius 3 is 2.85 bits per heavy atom. The Balaban J connectivity index is 0.00000243. The van der Waals surface area contributed by atoms with Crippen molar-refractivity contribution >= 4 is 29.9 Å². The van der Waals surface area contributed by atoms with E-state index in [2.05, 4.69) is 4.90 Å². The second-order valence-corrected chi connectivity index (χ2v) is 7.92. The molecule has 0 spiro atoms. The number of piperidine rings is 1. The molecule has 146 valence electrons. The summed E-state index contributed by atoms with van der Waals surface area (Å²) < 4.78 is 5.47. The summed E-state index contributed by atoms with van der Waals surface area (Å²) in [6, 6.07) is 5.77. The van der Waals surface area contributed by atoms with Crippen LogP contribution in [0.4, 0.5) is 0 Å². The molecule has 1 aromatic rings. The van der Waals surface area contributed by atoms with Gasteiger partial charge in [0.15, 0.2) is 0 Å². The van der Waals surface area contributed by atoms with Crippen molar-refractivity contribution in [2.45, 2.75) is 38.5 Å². The van der Waals surface area contributed by atoms with Crippen molar-refractivity contribution in [2.24, 2.45) is 23.5 Å². The van der Waals surface area contributed by atoms with E-state index in [0.717, 1.165) is 68.0 Å². The van der Waals surface area contributed by atoms with Crippen LogP contribution in [-0.2, 0) is 11.2 Å². The van der Waals surface area contributed by atoms with E-state index in [1.165, 1.54) is 0 Å². The molecular weight excluding hydrogens is 371 g/mol. The van der Waals surface area contributed by atoms with E-state index in [1.807, 2.05) is 18.2 Å². The number of ether oxygens (including phenoxy) is 1. The third kappa shape index (κ3) is 4.85. The SMILES string of the molecule is COc1ccc(Cl)cc1CC1CCCN(C(=O)[C@@H]2CCC[C@@H]2CN)C1.Cl. The summed E-state index contributed by atoms with van der Waals surface area (Å²) in [6.07, 6.45) is 6.35. The summed E-state index contributed by atoms with van der Waals surface area (Å²) in [7, 11) is 1.69. The van der Waals surface area contributed by atoms with E-state index in [9.17, 15) is 4.79 Å². The van der Waals surface area contributed by atoms with Gasteiger partial charge in [-0.15, -0.1) is 12.4 Å². The number of carbonyl (C=O) groups is 1. The molecule has 4 nitrogen and oxygen atoms in total. The van der Waals surface area contributed by atoms with Crippen molar-refractivity contribution in [3.05, 3.63) is 28.8 Å². The minimum Gasteiger partial charge on any atom is -0.496 e. The lowest BCUT2D eigenvalue weighted by atomic mass is 9.88. The fourth-order valence-corrected chi connectivity index (χ4v) is 4.72. The molecule has 2 aliphatic rings. The van der Waals surface area contributed by atoms with Crippen molar-refractivity contribution < 1.29 is 9.53 Å². The van der Waals surface area contributed by atoms with Crippen LogP contribution >= 0.6 is 24.0 Å². The molecule has 26 heavy (non-hydrogen) atoms. The summed E-state index contributed by atoms with van der Waals surface area (Å²) in [4.78, 5) is 15.1. The van der Waals surface area contributed by atoms with E-state index >= 15 is 0 Å². The fourth-order valence-electron chi connectivity index (χ4n) is 4.53. The zero-order valence-corrected chi connectivity index (χ0v) is 17.0. The van der Waals surface area contributed by atoms with Crippen LogP contribution in [0, 0.1) is 17.8 Å². The Kier molecular flexibility index (Phi) is 8.05. The highest BCUT2D eigenvalue weighted by molar-refractivity contribution is 6.30. The van der Waals surface area contributed by atoms with Crippen molar-refractivity contribution in [3.8, 4) is 5.75 Å². The number of rotatable bonds is 5. The van der Waals surface area contributed by atoms with E-state index < -0.39 is 0 Å². The van der Waals surface area contributed by atoms with Crippen molar-refractivity contribution in [3.63, 3.8) is 0 Å². The van der Waals surface area contributed by atoms with E-state index in [4.69, 9.17) is 22.1 Å². The first-order valence-electron chi connectivity index (χ1n) is 9.43. The molecule has 1 saturated heterocycles. The third-order valence-electron chi connectivity index (χ3n) is 5.86. The number of carbonyl (C=O) groups excluding carboxylic acids is 1. The predicted octanol–water partition coefficient (Wildman–Crippen LogP) is 3.93. The molecular formula is C20H30Cl2N2O2. The van der Waals surface area contributed by atoms with Gasteiger partial charge in [-0.25, -0.2) is 0 Å². The second kappa shape index (κ2) is 9.82. The summed E-state index contributed by atoms with van der Waals surface area (Å²) in [5.74, 6) is 2.19. The molecule has 1 amide bonds. The number of likely N-dealkylation sites (tertiary alicyclic amines) is 1. The number of benzene rings is 1. The number of hydrogen-bond donors (Lipinski definition) is 1. The standard InChI is InChI=1S/C20H29ClN2O2.ClH/c1-25-19-8-7-17(21)11-16(19)10-14-4-3-9-23(13-14)20(24)18-6-2-5-15(18)12-22;/h7-8,11,14-15,18H,2-6,9-10,12-13,22H2,1H3;1H/t14?,15-,18-;/m1./s1. The number of halogens is 2. The third-order valence-corrected chi connectivity index (χ3v) is 6.10. The molecule has 6 heteroatoms. The molecule has 1 aliphatic carbocycles. The van der Waals surface area contributed by atoms with Gasteiger partial charge >= 0.3 is 0 Å². The Bertz CT molecular complexity index is 611. The fraction of sp³-hybridized carbons (Fsp3) is 0.650. The van der Waals surface area contributed by atoms with Crippen LogP contribution in [-0.4, -0.2) is 37.6 Å². The summed E-state index contributed by atoms with van der Waals surface area (Å²) in [5, 5.41) is 0.733. The first-order valence-corrected chi connectivity index (χ1v) is 9.81. The summed E-state index contributed by atoms with van der Waals surface area (Å²) in [5.41, 5.74) is 7.00. The minimum absolute atomic E-state index is 0. The van der Waals surface area contributed by atoms with Crippen LogP contribution in [0.5, 0.6) is 5.75 Å². The van der Waals surface area contributed by atoms with Gasteiger partial charge in [-0.05, 0) is 74.2 Å². The Hall–Kier alpha value is -0.970. The molecule has 1 saturated carbocycles. The average Bonchev–Trinajstić information content (AvgIpc) is 3.10. The van der Waals surface area contributed by atoms with Gasteiger partial charge in [-0.3, -0.25) is 4.79 Å². The van der Waals surface area contributed by atoms with Gasteiger partial charge in [-0.2, -0.15) is 0 Å². The topological polar surface area (TPSA) is 55.6 Å². The van der Waals surface area contributed by atoms with Crippen LogP contribution in [0.3, 0.4) is 0 Å². The Morgan fingerprint density at radius 1 is 1.31 bits per heavy atom. The quantitative estimate of drug-likeness (QED) is 0.814. The molecule has 1 aromatic carbocycles. The lowest BCUT2D eigenvalue weighted by Crippen LogP contribution is -2.45. The first kappa shape index (κ1) is 21.3. The van der Waals surface area contributed by atoms with Crippen LogP contribution < -0.4 is 10.5 Å². The summed E-state index contributed by atoms with van der Waals surface area (Å²) >= 11 is 6.16. The van der Waals surface area contributed by atoms with Gasteiger partial charge in [0.05, 0.1) is 7.11 Å². The highest BCUT2D eigenvalue weighted by Gasteiger charge is 2.36. The van der Waals surface area contributed by atoms with Crippen LogP contribution in [0.15, 0.2) is 18.2 Å². The molecule has 1 heterocycles. The minimum atomic E-state index is 0. The van der Waals surface area contributed by atoms with Crippen LogP contribution in [0.25, 0.3) is 0 Å². The lowest BCUT2D eigenvalue weighted by molar-refractivity contribution is -0.138. The number of nitrogens with two attached hydrogens (primary N) is 1. The number of nitrogens with zero attached hydrogens (tertiary/aromatic N) is 1. The van der Waals surface area contributed by atoms with Gasteiger partial charge in [0, 0.05) is 24.0 Å². The maximum Gasteiger partial charge on any atom is 0.226 e. The predicted molar refractivity (Wildman–Crippen MR) is 108 cm³/mol. The first-order chi connectivity index (χ1) is 12.1. The largest absolute Gasteiger partial charge is 0.496 e. The molecule has 3 atom stereocenters. The molecule has 0 aromatic heterocycles. The Labute approximate surface area is 167 Å². The number of hydrogen-bond acceptors (Lipinski definition) is 3. The van der Waals surface area contributed by atoms with Crippen LogP contribution in [0.1, 0.15) is 37.7 Å². The van der Waals surface area contributed by atoms with Crippen molar-refractivity contribution in [1.29, 1.82) is 0 Å². The van der Waals surface area contributed by atoms with Gasteiger partial charge in [0.25, 0.3) is 0 Å².